The Balaban J connectivity index is 2.19. The maximum Gasteiger partial charge on any atom is 0.255 e. The van der Waals surface area contributed by atoms with Crippen molar-refractivity contribution in [2.45, 2.75) is 26.2 Å². The fourth-order valence-electron chi connectivity index (χ4n) is 1.95. The Kier molecular flexibility index (Phi) is 4.26. The predicted molar refractivity (Wildman–Crippen MR) is 79.4 cm³/mol. The molecule has 1 N–H and O–H groups in total. The summed E-state index contributed by atoms with van der Waals surface area (Å²) in [6, 6.07) is 8.37. The van der Waals surface area contributed by atoms with Crippen LogP contribution in [0.15, 0.2) is 36.4 Å². The summed E-state index contributed by atoms with van der Waals surface area (Å²) in [6.45, 7) is 6.14. The molecule has 0 heterocycles. The highest BCUT2D eigenvalue weighted by Crippen LogP contribution is 2.23. The van der Waals surface area contributed by atoms with E-state index in [1.165, 1.54) is 0 Å². The first-order chi connectivity index (χ1) is 10.2. The largest absolute Gasteiger partial charge is 0.322 e. The third-order valence-electron chi connectivity index (χ3n) is 3.25. The lowest BCUT2D eigenvalue weighted by atomic mass is 9.87. The fourth-order valence-corrected chi connectivity index (χ4v) is 1.95. The van der Waals surface area contributed by atoms with E-state index in [0.717, 1.165) is 17.7 Å². The summed E-state index contributed by atoms with van der Waals surface area (Å²) in [6.07, 6.45) is 0. The van der Waals surface area contributed by atoms with Gasteiger partial charge in [-0.15, -0.1) is 0 Å². The average Bonchev–Trinajstić information content (AvgIpc) is 2.44. The molecule has 2 nitrogen and oxygen atoms in total. The smallest absolute Gasteiger partial charge is 0.255 e. The summed E-state index contributed by atoms with van der Waals surface area (Å²) in [5, 5.41) is 2.34. The van der Waals surface area contributed by atoms with Crippen LogP contribution in [-0.2, 0) is 5.41 Å². The first-order valence-corrected chi connectivity index (χ1v) is 6.75. The molecule has 116 valence electrons. The summed E-state index contributed by atoms with van der Waals surface area (Å²) in [7, 11) is 0. The highest BCUT2D eigenvalue weighted by atomic mass is 19.2. The molecule has 0 saturated heterocycles. The molecule has 5 heteroatoms. The number of benzene rings is 2. The molecule has 0 aliphatic heterocycles. The van der Waals surface area contributed by atoms with Gasteiger partial charge in [-0.2, -0.15) is 0 Å². The number of carbonyl (C=O) groups is 1. The van der Waals surface area contributed by atoms with Crippen LogP contribution in [0.2, 0.25) is 0 Å². The second-order valence-corrected chi connectivity index (χ2v) is 6.04. The first kappa shape index (κ1) is 16.1. The second-order valence-electron chi connectivity index (χ2n) is 6.04. The number of halogens is 3. The molecule has 1 amide bonds. The molecule has 0 saturated carbocycles. The standard InChI is InChI=1S/C17H16F3NO/c1-17(2,3)11-6-4-10(5-7-11)16(22)21-12-8-13(18)15(20)14(19)9-12/h4-9H,1-3H3,(H,21,22). The van der Waals surface area contributed by atoms with E-state index in [-0.39, 0.29) is 11.1 Å². The Labute approximate surface area is 127 Å². The molecule has 22 heavy (non-hydrogen) atoms. The van der Waals surface area contributed by atoms with E-state index >= 15 is 0 Å². The normalized spacial score (nSPS) is 11.4. The van der Waals surface area contributed by atoms with Crippen LogP contribution in [0.5, 0.6) is 0 Å². The molecule has 0 unspecified atom stereocenters. The van der Waals surface area contributed by atoms with Gasteiger partial charge in [0.1, 0.15) is 0 Å². The van der Waals surface area contributed by atoms with Gasteiger partial charge in [-0.05, 0) is 23.1 Å². The van der Waals surface area contributed by atoms with E-state index in [1.807, 2.05) is 32.9 Å². The Hall–Kier alpha value is -2.30. The topological polar surface area (TPSA) is 29.1 Å². The monoisotopic (exact) mass is 307 g/mol. The minimum Gasteiger partial charge on any atom is -0.322 e. The molecular formula is C17H16F3NO. The lowest BCUT2D eigenvalue weighted by molar-refractivity contribution is 0.102. The van der Waals surface area contributed by atoms with E-state index < -0.39 is 23.4 Å². The van der Waals surface area contributed by atoms with Crippen LogP contribution in [0.4, 0.5) is 18.9 Å². The van der Waals surface area contributed by atoms with Gasteiger partial charge in [0.2, 0.25) is 0 Å². The SMILES string of the molecule is CC(C)(C)c1ccc(C(=O)Nc2cc(F)c(F)c(F)c2)cc1. The Morgan fingerprint density at radius 1 is 0.955 bits per heavy atom. The van der Waals surface area contributed by atoms with Gasteiger partial charge in [0.15, 0.2) is 17.5 Å². The number of carbonyl (C=O) groups excluding carboxylic acids is 1. The molecule has 0 radical (unpaired) electrons. The van der Waals surface area contributed by atoms with Crippen molar-refractivity contribution < 1.29 is 18.0 Å². The summed E-state index contributed by atoms with van der Waals surface area (Å²) in [5.74, 6) is -4.78. The van der Waals surface area contributed by atoms with Crippen LogP contribution in [0, 0.1) is 17.5 Å². The van der Waals surface area contributed by atoms with Gasteiger partial charge in [-0.3, -0.25) is 4.79 Å². The molecule has 0 aliphatic rings. The molecule has 0 bridgehead atoms. The lowest BCUT2D eigenvalue weighted by Crippen LogP contribution is -2.14. The van der Waals surface area contributed by atoms with E-state index in [0.29, 0.717) is 5.56 Å². The highest BCUT2D eigenvalue weighted by Gasteiger charge is 2.15. The van der Waals surface area contributed by atoms with E-state index in [2.05, 4.69) is 5.32 Å². The van der Waals surface area contributed by atoms with Gasteiger partial charge in [0, 0.05) is 23.4 Å². The second kappa shape index (κ2) is 5.83. The predicted octanol–water partition coefficient (Wildman–Crippen LogP) is 4.65. The van der Waals surface area contributed by atoms with Gasteiger partial charge in [-0.25, -0.2) is 13.2 Å². The Morgan fingerprint density at radius 3 is 1.91 bits per heavy atom. The maximum absolute atomic E-state index is 13.1. The molecule has 0 spiro atoms. The highest BCUT2D eigenvalue weighted by molar-refractivity contribution is 6.04. The summed E-state index contributed by atoms with van der Waals surface area (Å²) < 4.78 is 39.1. The van der Waals surface area contributed by atoms with Crippen LogP contribution >= 0.6 is 0 Å². The fraction of sp³-hybridized carbons (Fsp3) is 0.235. The molecule has 0 fully saturated rings. The van der Waals surface area contributed by atoms with E-state index in [1.54, 1.807) is 12.1 Å². The number of rotatable bonds is 2. The van der Waals surface area contributed by atoms with Gasteiger partial charge >= 0.3 is 0 Å². The maximum atomic E-state index is 13.1. The van der Waals surface area contributed by atoms with Crippen LogP contribution in [0.1, 0.15) is 36.7 Å². The number of hydrogen-bond donors (Lipinski definition) is 1. The van der Waals surface area contributed by atoms with Gasteiger partial charge < -0.3 is 5.32 Å². The number of anilines is 1. The van der Waals surface area contributed by atoms with Crippen LogP contribution in [0.25, 0.3) is 0 Å². The van der Waals surface area contributed by atoms with E-state index in [4.69, 9.17) is 0 Å². The first-order valence-electron chi connectivity index (χ1n) is 6.75. The Bertz CT molecular complexity index is 680. The van der Waals surface area contributed by atoms with Crippen LogP contribution in [0.3, 0.4) is 0 Å². The lowest BCUT2D eigenvalue weighted by Gasteiger charge is -2.19. The Morgan fingerprint density at radius 2 is 1.45 bits per heavy atom. The van der Waals surface area contributed by atoms with Gasteiger partial charge in [-0.1, -0.05) is 32.9 Å². The van der Waals surface area contributed by atoms with Crippen molar-refractivity contribution in [3.63, 3.8) is 0 Å². The van der Waals surface area contributed by atoms with Crippen molar-refractivity contribution in [3.05, 3.63) is 65.0 Å². The van der Waals surface area contributed by atoms with Crippen molar-refractivity contribution >= 4 is 11.6 Å². The van der Waals surface area contributed by atoms with E-state index in [9.17, 15) is 18.0 Å². The molecule has 0 aromatic heterocycles. The van der Waals surface area contributed by atoms with Crippen molar-refractivity contribution in [2.24, 2.45) is 0 Å². The molecule has 2 aromatic carbocycles. The van der Waals surface area contributed by atoms with Crippen LogP contribution < -0.4 is 5.32 Å². The molecule has 2 aromatic rings. The van der Waals surface area contributed by atoms with Crippen molar-refractivity contribution in [3.8, 4) is 0 Å². The van der Waals surface area contributed by atoms with Gasteiger partial charge in [0.05, 0.1) is 0 Å². The molecule has 0 aliphatic carbocycles. The zero-order valence-corrected chi connectivity index (χ0v) is 12.5. The number of hydrogen-bond acceptors (Lipinski definition) is 1. The average molecular weight is 307 g/mol. The van der Waals surface area contributed by atoms with Crippen molar-refractivity contribution in [1.82, 2.24) is 0 Å². The molecule has 0 atom stereocenters. The summed E-state index contributed by atoms with van der Waals surface area (Å²) in [4.78, 5) is 12.0. The molecular weight excluding hydrogens is 291 g/mol. The summed E-state index contributed by atoms with van der Waals surface area (Å²) in [5.41, 5.74) is 1.22. The third-order valence-corrected chi connectivity index (χ3v) is 3.25. The zero-order valence-electron chi connectivity index (χ0n) is 12.5. The van der Waals surface area contributed by atoms with Gasteiger partial charge in [0.25, 0.3) is 5.91 Å². The van der Waals surface area contributed by atoms with Crippen molar-refractivity contribution in [1.29, 1.82) is 0 Å². The summed E-state index contributed by atoms with van der Waals surface area (Å²) >= 11 is 0. The van der Waals surface area contributed by atoms with Crippen molar-refractivity contribution in [2.75, 3.05) is 5.32 Å². The zero-order chi connectivity index (χ0) is 16.5. The number of nitrogens with one attached hydrogen (secondary N) is 1. The minimum atomic E-state index is -1.56. The number of amides is 1. The third kappa shape index (κ3) is 3.47. The van der Waals surface area contributed by atoms with Crippen LogP contribution in [-0.4, -0.2) is 5.91 Å². The quantitative estimate of drug-likeness (QED) is 0.804. The minimum absolute atomic E-state index is 0.0434. The molecule has 2 rings (SSSR count).